The van der Waals surface area contributed by atoms with Gasteiger partial charge >= 0.3 is 5.69 Å². The summed E-state index contributed by atoms with van der Waals surface area (Å²) in [5.41, 5.74) is 5.04. The van der Waals surface area contributed by atoms with E-state index in [1.165, 1.54) is 6.07 Å². The van der Waals surface area contributed by atoms with E-state index in [-0.39, 0.29) is 22.2 Å². The monoisotopic (exact) mass is 442 g/mol. The third-order valence-corrected chi connectivity index (χ3v) is 4.55. The number of nitro groups is 1. The maximum Gasteiger partial charge on any atom is 0.355 e. The van der Waals surface area contributed by atoms with Crippen LogP contribution in [-0.2, 0) is 0 Å². The number of hydrogen-bond acceptors (Lipinski definition) is 9. The number of nitrogens with one attached hydrogen (secondary N) is 3. The molecule has 4 rings (SSSR count). The van der Waals surface area contributed by atoms with Crippen LogP contribution in [0.15, 0.2) is 48.8 Å². The van der Waals surface area contributed by atoms with Gasteiger partial charge in [0.25, 0.3) is 5.91 Å². The lowest BCUT2D eigenvalue weighted by atomic mass is 10.2. The number of halogens is 1. The molecule has 31 heavy (non-hydrogen) atoms. The van der Waals surface area contributed by atoms with Gasteiger partial charge in [-0.05, 0) is 24.3 Å². The van der Waals surface area contributed by atoms with E-state index in [1.807, 2.05) is 0 Å². The highest BCUT2D eigenvalue weighted by Gasteiger charge is 2.24. The molecule has 0 saturated heterocycles. The summed E-state index contributed by atoms with van der Waals surface area (Å²) < 4.78 is 11.0. The van der Waals surface area contributed by atoms with Crippen molar-refractivity contribution in [1.29, 1.82) is 0 Å². The lowest BCUT2D eigenvalue weighted by molar-refractivity contribution is -0.383. The SMILES string of the molecule is O=C(NNc1ncnc(Nc2ccc3c(c2)OCCO3)c1[N+](=O)[O-])c1ccccc1Cl. The maximum absolute atomic E-state index is 12.3. The minimum atomic E-state index is -0.662. The topological polar surface area (TPSA) is 141 Å². The van der Waals surface area contributed by atoms with Gasteiger partial charge in [-0.15, -0.1) is 0 Å². The number of rotatable bonds is 6. The number of carbonyl (C=O) groups excluding carboxylic acids is 1. The van der Waals surface area contributed by atoms with Gasteiger partial charge in [0.05, 0.1) is 15.5 Å². The van der Waals surface area contributed by atoms with Crippen LogP contribution >= 0.6 is 11.6 Å². The fourth-order valence-electron chi connectivity index (χ4n) is 2.82. The van der Waals surface area contributed by atoms with E-state index in [2.05, 4.69) is 26.1 Å². The van der Waals surface area contributed by atoms with Crippen LogP contribution in [0, 0.1) is 10.1 Å². The Morgan fingerprint density at radius 3 is 2.58 bits per heavy atom. The Kier molecular flexibility index (Phi) is 5.67. The first kappa shape index (κ1) is 20.2. The first-order chi connectivity index (χ1) is 15.0. The minimum absolute atomic E-state index is 0.0776. The number of benzene rings is 2. The second-order valence-electron chi connectivity index (χ2n) is 6.22. The molecule has 0 spiro atoms. The van der Waals surface area contributed by atoms with Gasteiger partial charge in [-0.1, -0.05) is 23.7 Å². The lowest BCUT2D eigenvalue weighted by Gasteiger charge is -2.19. The van der Waals surface area contributed by atoms with Crippen LogP contribution < -0.4 is 25.6 Å². The number of amides is 1. The first-order valence-electron chi connectivity index (χ1n) is 9.00. The summed E-state index contributed by atoms with van der Waals surface area (Å²) in [6.45, 7) is 0.857. The predicted octanol–water partition coefficient (Wildman–Crippen LogP) is 3.31. The summed E-state index contributed by atoms with van der Waals surface area (Å²) in [6, 6.07) is 11.4. The molecule has 2 heterocycles. The van der Waals surface area contributed by atoms with Gasteiger partial charge in [-0.25, -0.2) is 9.97 Å². The Balaban J connectivity index is 1.56. The van der Waals surface area contributed by atoms with Crippen molar-refractivity contribution in [1.82, 2.24) is 15.4 Å². The van der Waals surface area contributed by atoms with E-state index >= 15 is 0 Å². The third-order valence-electron chi connectivity index (χ3n) is 4.22. The normalized spacial score (nSPS) is 12.0. The van der Waals surface area contributed by atoms with Crippen LogP contribution in [0.5, 0.6) is 11.5 Å². The van der Waals surface area contributed by atoms with Crippen molar-refractivity contribution >= 4 is 40.5 Å². The predicted molar refractivity (Wildman–Crippen MR) is 112 cm³/mol. The average molecular weight is 443 g/mol. The van der Waals surface area contributed by atoms with Gasteiger partial charge in [0.2, 0.25) is 11.6 Å². The molecule has 1 aromatic heterocycles. The molecule has 2 aromatic carbocycles. The van der Waals surface area contributed by atoms with Crippen molar-refractivity contribution in [2.75, 3.05) is 24.0 Å². The Hall–Kier alpha value is -4.12. The fourth-order valence-corrected chi connectivity index (χ4v) is 3.04. The largest absolute Gasteiger partial charge is 0.486 e. The second-order valence-corrected chi connectivity index (χ2v) is 6.63. The zero-order valence-corrected chi connectivity index (χ0v) is 16.5. The van der Waals surface area contributed by atoms with Gasteiger partial charge < -0.3 is 14.8 Å². The molecule has 12 heteroatoms. The Labute approximate surface area is 180 Å². The number of ether oxygens (including phenoxy) is 2. The molecule has 0 aliphatic carbocycles. The van der Waals surface area contributed by atoms with E-state index in [1.54, 1.807) is 36.4 Å². The van der Waals surface area contributed by atoms with Crippen LogP contribution in [0.25, 0.3) is 0 Å². The molecule has 3 N–H and O–H groups in total. The number of carbonyl (C=O) groups is 1. The number of hydrogen-bond donors (Lipinski definition) is 3. The minimum Gasteiger partial charge on any atom is -0.486 e. The van der Waals surface area contributed by atoms with E-state index < -0.39 is 16.5 Å². The molecule has 0 bridgehead atoms. The standard InChI is InChI=1S/C19H15ClN6O5/c20-13-4-2-1-3-12(13)19(27)25-24-18-16(26(28)29)17(21-10-22-18)23-11-5-6-14-15(9-11)31-8-7-30-14/h1-6,9-10H,7-8H2,(H,25,27)(H2,21,22,23,24). The zero-order chi connectivity index (χ0) is 21.8. The summed E-state index contributed by atoms with van der Waals surface area (Å²) in [4.78, 5) is 31.2. The quantitative estimate of drug-likeness (QED) is 0.387. The van der Waals surface area contributed by atoms with Crippen LogP contribution in [0.1, 0.15) is 10.4 Å². The number of nitrogens with zero attached hydrogens (tertiary/aromatic N) is 3. The lowest BCUT2D eigenvalue weighted by Crippen LogP contribution is -2.30. The second kappa shape index (κ2) is 8.71. The van der Waals surface area contributed by atoms with Crippen molar-refractivity contribution in [2.24, 2.45) is 0 Å². The van der Waals surface area contributed by atoms with E-state index in [4.69, 9.17) is 21.1 Å². The van der Waals surface area contributed by atoms with Crippen molar-refractivity contribution in [3.8, 4) is 11.5 Å². The van der Waals surface area contributed by atoms with Crippen molar-refractivity contribution in [3.05, 3.63) is 69.5 Å². The molecule has 158 valence electrons. The van der Waals surface area contributed by atoms with Crippen LogP contribution in [0.3, 0.4) is 0 Å². The van der Waals surface area contributed by atoms with Gasteiger partial charge in [-0.2, -0.15) is 0 Å². The first-order valence-corrected chi connectivity index (χ1v) is 9.37. The molecule has 11 nitrogen and oxygen atoms in total. The summed E-state index contributed by atoms with van der Waals surface area (Å²) in [5, 5.41) is 14.8. The smallest absolute Gasteiger partial charge is 0.355 e. The van der Waals surface area contributed by atoms with Gasteiger partial charge in [-0.3, -0.25) is 25.8 Å². The third kappa shape index (κ3) is 4.41. The summed E-state index contributed by atoms with van der Waals surface area (Å²) >= 11 is 6.00. The molecule has 1 aliphatic heterocycles. The molecule has 0 radical (unpaired) electrons. The van der Waals surface area contributed by atoms with E-state index in [0.717, 1.165) is 6.33 Å². The van der Waals surface area contributed by atoms with Crippen LogP contribution in [-0.4, -0.2) is 34.0 Å². The number of fused-ring (bicyclic) bond motifs is 1. The van der Waals surface area contributed by atoms with Crippen molar-refractivity contribution in [2.45, 2.75) is 0 Å². The van der Waals surface area contributed by atoms with Gasteiger partial charge in [0.1, 0.15) is 19.5 Å². The fraction of sp³-hybridized carbons (Fsp3) is 0.105. The number of anilines is 3. The van der Waals surface area contributed by atoms with E-state index in [0.29, 0.717) is 30.4 Å². The van der Waals surface area contributed by atoms with Crippen molar-refractivity contribution in [3.63, 3.8) is 0 Å². The molecule has 0 unspecified atom stereocenters. The van der Waals surface area contributed by atoms with E-state index in [9.17, 15) is 14.9 Å². The molecule has 0 saturated carbocycles. The summed E-state index contributed by atoms with van der Waals surface area (Å²) in [5.74, 6) is 0.225. The number of aromatic nitrogens is 2. The Morgan fingerprint density at radius 1 is 1.06 bits per heavy atom. The molecular formula is C19H15ClN6O5. The highest BCUT2D eigenvalue weighted by Crippen LogP contribution is 2.36. The summed E-state index contributed by atoms with van der Waals surface area (Å²) in [7, 11) is 0. The number of hydrazine groups is 1. The Morgan fingerprint density at radius 2 is 1.81 bits per heavy atom. The van der Waals surface area contributed by atoms with Crippen LogP contribution in [0.2, 0.25) is 5.02 Å². The van der Waals surface area contributed by atoms with Crippen LogP contribution in [0.4, 0.5) is 23.0 Å². The molecular weight excluding hydrogens is 428 g/mol. The van der Waals surface area contributed by atoms with Gasteiger partial charge in [0, 0.05) is 11.8 Å². The molecule has 0 fully saturated rings. The highest BCUT2D eigenvalue weighted by atomic mass is 35.5. The summed E-state index contributed by atoms with van der Waals surface area (Å²) in [6.07, 6.45) is 1.12. The van der Waals surface area contributed by atoms with Gasteiger partial charge in [0.15, 0.2) is 11.5 Å². The highest BCUT2D eigenvalue weighted by molar-refractivity contribution is 6.33. The molecule has 3 aromatic rings. The maximum atomic E-state index is 12.3. The average Bonchev–Trinajstić information content (AvgIpc) is 2.77. The molecule has 1 amide bonds. The van der Waals surface area contributed by atoms with Crippen molar-refractivity contribution < 1.29 is 19.2 Å². The molecule has 1 aliphatic rings. The Bertz CT molecular complexity index is 1160. The molecule has 0 atom stereocenters. The zero-order valence-electron chi connectivity index (χ0n) is 15.8.